The molecule has 9 nitrogen and oxygen atoms in total. The third-order valence-corrected chi connectivity index (χ3v) is 5.82. The van der Waals surface area contributed by atoms with E-state index in [4.69, 9.17) is 10.5 Å². The number of ether oxygens (including phenoxy) is 1. The van der Waals surface area contributed by atoms with E-state index in [1.807, 2.05) is 0 Å². The number of rotatable bonds is 5. The van der Waals surface area contributed by atoms with E-state index in [-0.39, 0.29) is 30.3 Å². The van der Waals surface area contributed by atoms with Gasteiger partial charge in [0.15, 0.2) is 5.82 Å². The maximum Gasteiger partial charge on any atom is 0.418 e. The van der Waals surface area contributed by atoms with Crippen molar-refractivity contribution in [2.45, 2.75) is 50.5 Å². The summed E-state index contributed by atoms with van der Waals surface area (Å²) >= 11 is 0. The maximum atomic E-state index is 12.8. The first-order chi connectivity index (χ1) is 14.9. The first-order valence-electron chi connectivity index (χ1n) is 10.1. The second kappa shape index (κ2) is 7.76. The number of hydrogen-bond donors (Lipinski definition) is 3. The summed E-state index contributed by atoms with van der Waals surface area (Å²) in [6, 6.07) is 0.541. The van der Waals surface area contributed by atoms with Crippen molar-refractivity contribution >= 4 is 23.4 Å². The van der Waals surface area contributed by atoms with Gasteiger partial charge in [0.05, 0.1) is 23.0 Å². The average Bonchev–Trinajstić information content (AvgIpc) is 2.70. The van der Waals surface area contributed by atoms with Crippen molar-refractivity contribution in [1.29, 1.82) is 0 Å². The molecule has 2 aromatic heterocycles. The van der Waals surface area contributed by atoms with E-state index < -0.39 is 17.3 Å². The monoisotopic (exact) mass is 451 g/mol. The topological polar surface area (TPSA) is 118 Å². The van der Waals surface area contributed by atoms with E-state index in [1.165, 1.54) is 6.20 Å². The first kappa shape index (κ1) is 22.1. The molecular formula is C20H24F3N7O2. The largest absolute Gasteiger partial charge is 0.490 e. The van der Waals surface area contributed by atoms with E-state index in [0.717, 1.165) is 12.3 Å². The molecule has 1 fully saturated rings. The molecule has 2 aromatic rings. The summed E-state index contributed by atoms with van der Waals surface area (Å²) in [5.74, 6) is 0.960. The average molecular weight is 451 g/mol. The van der Waals surface area contributed by atoms with Gasteiger partial charge in [-0.25, -0.2) is 4.98 Å². The molecule has 32 heavy (non-hydrogen) atoms. The zero-order chi connectivity index (χ0) is 23.3. The summed E-state index contributed by atoms with van der Waals surface area (Å²) in [5, 5.41) is 6.07. The number of alkyl halides is 3. The molecule has 4 N–H and O–H groups in total. The highest BCUT2D eigenvalue weighted by Gasteiger charge is 2.42. The Bertz CT molecular complexity index is 1040. The van der Waals surface area contributed by atoms with E-state index in [2.05, 4.69) is 25.6 Å². The van der Waals surface area contributed by atoms with Crippen LogP contribution in [0.4, 0.5) is 30.6 Å². The highest BCUT2D eigenvalue weighted by atomic mass is 19.4. The molecule has 12 heteroatoms. The van der Waals surface area contributed by atoms with Crippen molar-refractivity contribution in [1.82, 2.24) is 15.0 Å². The van der Waals surface area contributed by atoms with Crippen LogP contribution in [0.2, 0.25) is 0 Å². The second-order valence-electron chi connectivity index (χ2n) is 8.41. The zero-order valence-electron chi connectivity index (χ0n) is 17.8. The van der Waals surface area contributed by atoms with Crippen LogP contribution in [0.1, 0.15) is 31.0 Å². The number of amides is 1. The van der Waals surface area contributed by atoms with Gasteiger partial charge in [-0.3, -0.25) is 9.78 Å². The van der Waals surface area contributed by atoms with Crippen LogP contribution in [0.5, 0.6) is 5.75 Å². The van der Waals surface area contributed by atoms with Gasteiger partial charge in [-0.1, -0.05) is 0 Å². The fourth-order valence-electron chi connectivity index (χ4n) is 3.81. The summed E-state index contributed by atoms with van der Waals surface area (Å²) in [5.41, 5.74) is 5.98. The minimum atomic E-state index is -4.49. The second-order valence-corrected chi connectivity index (χ2v) is 8.41. The maximum absolute atomic E-state index is 12.8. The van der Waals surface area contributed by atoms with Crippen LogP contribution in [-0.4, -0.2) is 52.1 Å². The van der Waals surface area contributed by atoms with Crippen molar-refractivity contribution < 1.29 is 22.7 Å². The van der Waals surface area contributed by atoms with Gasteiger partial charge in [-0.05, 0) is 32.8 Å². The number of carbonyl (C=O) groups is 1. The molecule has 0 aromatic carbocycles. The first-order valence-corrected chi connectivity index (χ1v) is 10.1. The molecular weight excluding hydrogens is 427 g/mol. The number of aryl methyl sites for hydroxylation is 1. The van der Waals surface area contributed by atoms with Crippen molar-refractivity contribution in [3.63, 3.8) is 0 Å². The molecule has 1 atom stereocenters. The van der Waals surface area contributed by atoms with E-state index >= 15 is 0 Å². The molecule has 0 saturated heterocycles. The third kappa shape index (κ3) is 4.27. The Balaban J connectivity index is 1.36. The summed E-state index contributed by atoms with van der Waals surface area (Å²) in [4.78, 5) is 26.4. The Hall–Kier alpha value is -3.15. The van der Waals surface area contributed by atoms with Crippen LogP contribution in [0.25, 0.3) is 0 Å². The zero-order valence-corrected chi connectivity index (χ0v) is 17.8. The van der Waals surface area contributed by atoms with Gasteiger partial charge in [0.2, 0.25) is 11.9 Å². The lowest BCUT2D eigenvalue weighted by Gasteiger charge is -2.44. The van der Waals surface area contributed by atoms with Gasteiger partial charge in [0.1, 0.15) is 24.1 Å². The smallest absolute Gasteiger partial charge is 0.418 e. The normalized spacial score (nSPS) is 25.0. The Labute approximate surface area is 182 Å². The molecule has 4 rings (SSSR count). The molecule has 0 spiro atoms. The van der Waals surface area contributed by atoms with Gasteiger partial charge in [-0.2, -0.15) is 18.2 Å². The molecule has 0 unspecified atom stereocenters. The molecule has 3 heterocycles. The van der Waals surface area contributed by atoms with Gasteiger partial charge in [-0.15, -0.1) is 0 Å². The van der Waals surface area contributed by atoms with E-state index in [9.17, 15) is 18.0 Å². The number of pyridine rings is 1. The van der Waals surface area contributed by atoms with Crippen LogP contribution < -0.4 is 26.0 Å². The standard InChI is InChI=1S/C20H24F3N7O2/c1-10-15-16(30(3)11(2)17(31)28-15)29-18(26-10)27-13-5-19(24,6-13)9-32-14-4-12(7-25-8-14)20(21,22)23/h4,7-8,11,13H,5-6,9,24H2,1-3H3,(H,28,31)(H,26,27,29)/t11-,13-,19-/m0/s1. The predicted octanol–water partition coefficient (Wildman–Crippen LogP) is 2.33. The Morgan fingerprint density at radius 3 is 2.75 bits per heavy atom. The molecule has 2 aliphatic rings. The number of carbonyl (C=O) groups excluding carboxylic acids is 1. The number of halogens is 3. The minimum Gasteiger partial charge on any atom is -0.490 e. The number of anilines is 3. The third-order valence-electron chi connectivity index (χ3n) is 5.82. The van der Waals surface area contributed by atoms with Crippen LogP contribution in [0, 0.1) is 6.92 Å². The lowest BCUT2D eigenvalue weighted by Crippen LogP contribution is -2.60. The number of nitrogens with one attached hydrogen (secondary N) is 2. The van der Waals surface area contributed by atoms with Gasteiger partial charge >= 0.3 is 6.18 Å². The summed E-state index contributed by atoms with van der Waals surface area (Å²) in [6.07, 6.45) is -1.45. The number of aromatic nitrogens is 3. The Kier molecular flexibility index (Phi) is 5.35. The number of fused-ring (bicyclic) bond motifs is 1. The number of likely N-dealkylation sites (N-methyl/N-ethyl adjacent to an activating group) is 1. The van der Waals surface area contributed by atoms with Gasteiger partial charge in [0.25, 0.3) is 0 Å². The van der Waals surface area contributed by atoms with Crippen LogP contribution in [0.3, 0.4) is 0 Å². The SMILES string of the molecule is Cc1nc(N[C@H]2C[C@@](N)(COc3cncc(C(F)(F)F)c3)C2)nc2c1NC(=O)[C@H](C)N2C. The molecule has 1 saturated carbocycles. The lowest BCUT2D eigenvalue weighted by molar-refractivity contribution is -0.138. The highest BCUT2D eigenvalue weighted by Crippen LogP contribution is 2.36. The predicted molar refractivity (Wildman–Crippen MR) is 112 cm³/mol. The fraction of sp³-hybridized carbons (Fsp3) is 0.500. The van der Waals surface area contributed by atoms with Gasteiger partial charge in [0, 0.05) is 19.3 Å². The molecule has 1 aliphatic carbocycles. The molecule has 1 amide bonds. The van der Waals surface area contributed by atoms with Crippen LogP contribution >= 0.6 is 0 Å². The summed E-state index contributed by atoms with van der Waals surface area (Å²) in [6.45, 7) is 3.64. The summed E-state index contributed by atoms with van der Waals surface area (Å²) in [7, 11) is 1.80. The molecule has 0 radical (unpaired) electrons. The van der Waals surface area contributed by atoms with Crippen molar-refractivity contribution in [3.8, 4) is 5.75 Å². The lowest BCUT2D eigenvalue weighted by atomic mass is 9.74. The Morgan fingerprint density at radius 1 is 1.34 bits per heavy atom. The van der Waals surface area contributed by atoms with Crippen molar-refractivity contribution in [2.75, 3.05) is 29.2 Å². The number of nitrogens with two attached hydrogens (primary N) is 1. The Morgan fingerprint density at radius 2 is 2.06 bits per heavy atom. The molecule has 172 valence electrons. The fourth-order valence-corrected chi connectivity index (χ4v) is 3.81. The summed E-state index contributed by atoms with van der Waals surface area (Å²) < 4.78 is 43.9. The van der Waals surface area contributed by atoms with Crippen molar-refractivity contribution in [2.24, 2.45) is 5.73 Å². The molecule has 0 bridgehead atoms. The number of nitrogens with zero attached hydrogens (tertiary/aromatic N) is 4. The highest BCUT2D eigenvalue weighted by molar-refractivity contribution is 6.03. The van der Waals surface area contributed by atoms with Crippen LogP contribution in [-0.2, 0) is 11.0 Å². The molecule has 1 aliphatic heterocycles. The quantitative estimate of drug-likeness (QED) is 0.634. The number of hydrogen-bond acceptors (Lipinski definition) is 8. The van der Waals surface area contributed by atoms with Gasteiger partial charge < -0.3 is 26.0 Å². The van der Waals surface area contributed by atoms with E-state index in [1.54, 1.807) is 25.8 Å². The van der Waals surface area contributed by atoms with E-state index in [0.29, 0.717) is 36.0 Å². The minimum absolute atomic E-state index is 0.0124. The van der Waals surface area contributed by atoms with Crippen molar-refractivity contribution in [3.05, 3.63) is 29.7 Å². The van der Waals surface area contributed by atoms with Crippen LogP contribution in [0.15, 0.2) is 18.5 Å².